The van der Waals surface area contributed by atoms with Crippen LogP contribution in [-0.4, -0.2) is 9.55 Å². The van der Waals surface area contributed by atoms with Crippen molar-refractivity contribution in [2.75, 3.05) is 4.90 Å². The van der Waals surface area contributed by atoms with Gasteiger partial charge >= 0.3 is 0 Å². The molecule has 3 heterocycles. The zero-order chi connectivity index (χ0) is 23.6. The van der Waals surface area contributed by atoms with Gasteiger partial charge in [0.2, 0.25) is 0 Å². The van der Waals surface area contributed by atoms with Gasteiger partial charge in [-0.25, -0.2) is 4.98 Å². The Labute approximate surface area is 208 Å². The molecule has 7 aromatic rings. The van der Waals surface area contributed by atoms with Gasteiger partial charge in [-0.3, -0.25) is 4.90 Å². The molecule has 0 saturated carbocycles. The summed E-state index contributed by atoms with van der Waals surface area (Å²) in [6.45, 7) is 0. The van der Waals surface area contributed by atoms with Crippen LogP contribution in [0.15, 0.2) is 128 Å². The second-order valence-electron chi connectivity index (χ2n) is 9.28. The van der Waals surface area contributed by atoms with Crippen LogP contribution in [0.1, 0.15) is 0 Å². The van der Waals surface area contributed by atoms with Crippen molar-refractivity contribution in [1.29, 1.82) is 0 Å². The maximum Gasteiger partial charge on any atom is 0.137 e. The fourth-order valence-corrected chi connectivity index (χ4v) is 5.85. The highest BCUT2D eigenvalue weighted by Crippen LogP contribution is 2.52. The number of hydrogen-bond acceptors (Lipinski definition) is 2. The largest absolute Gasteiger partial charge is 0.309 e. The molecule has 0 atom stereocenters. The summed E-state index contributed by atoms with van der Waals surface area (Å²) in [5.74, 6) is 0.919. The third-order valence-electron chi connectivity index (χ3n) is 7.34. The van der Waals surface area contributed by atoms with E-state index in [4.69, 9.17) is 4.98 Å². The summed E-state index contributed by atoms with van der Waals surface area (Å²) in [5, 5.41) is 5.02. The van der Waals surface area contributed by atoms with Crippen molar-refractivity contribution >= 4 is 49.8 Å². The molecule has 36 heavy (non-hydrogen) atoms. The zero-order valence-electron chi connectivity index (χ0n) is 19.5. The van der Waals surface area contributed by atoms with Crippen molar-refractivity contribution in [3.8, 4) is 16.8 Å². The summed E-state index contributed by atoms with van der Waals surface area (Å²) < 4.78 is 2.38. The van der Waals surface area contributed by atoms with E-state index in [-0.39, 0.29) is 0 Å². The number of fused-ring (bicyclic) bond motifs is 5. The van der Waals surface area contributed by atoms with E-state index in [1.54, 1.807) is 0 Å². The number of anilines is 3. The molecule has 3 heteroatoms. The molecule has 168 valence electrons. The Kier molecular flexibility index (Phi) is 3.94. The molecule has 0 amide bonds. The number of hydrogen-bond donors (Lipinski definition) is 0. The van der Waals surface area contributed by atoms with Gasteiger partial charge in [0.1, 0.15) is 5.82 Å². The first kappa shape index (κ1) is 19.4. The van der Waals surface area contributed by atoms with Gasteiger partial charge in [0, 0.05) is 33.6 Å². The maximum atomic E-state index is 4.78. The predicted molar refractivity (Wildman–Crippen MR) is 150 cm³/mol. The third kappa shape index (κ3) is 2.60. The van der Waals surface area contributed by atoms with Crippen LogP contribution in [0.3, 0.4) is 0 Å². The lowest BCUT2D eigenvalue weighted by Gasteiger charge is -2.32. The summed E-state index contributed by atoms with van der Waals surface area (Å²) >= 11 is 0. The molecule has 0 radical (unpaired) electrons. The molecule has 0 N–H and O–H groups in total. The first-order valence-electron chi connectivity index (χ1n) is 12.2. The maximum absolute atomic E-state index is 4.78. The standard InChI is InChI=1S/C33H21N3/c1-2-12-23(13-3-1)35-28-16-5-4-14-24(28)26-20-27-25-15-8-10-22-11-9-17-29(33(22)25)36(31(27)21-30(26)35)32-18-6-7-19-34-32/h1-21H. The molecule has 5 aromatic carbocycles. The van der Waals surface area contributed by atoms with E-state index in [9.17, 15) is 0 Å². The van der Waals surface area contributed by atoms with Gasteiger partial charge < -0.3 is 4.57 Å². The van der Waals surface area contributed by atoms with Crippen molar-refractivity contribution in [2.45, 2.75) is 0 Å². The van der Waals surface area contributed by atoms with E-state index in [1.807, 2.05) is 12.3 Å². The Hall–Kier alpha value is -4.89. The Bertz CT molecular complexity index is 1930. The molecule has 0 bridgehead atoms. The van der Waals surface area contributed by atoms with Crippen molar-refractivity contribution < 1.29 is 0 Å². The lowest BCUT2D eigenvalue weighted by atomic mass is 9.90. The minimum absolute atomic E-state index is 0.919. The van der Waals surface area contributed by atoms with Crippen LogP contribution in [-0.2, 0) is 0 Å². The highest BCUT2D eigenvalue weighted by Gasteiger charge is 2.28. The molecule has 0 unspecified atom stereocenters. The third-order valence-corrected chi connectivity index (χ3v) is 7.34. The summed E-state index contributed by atoms with van der Waals surface area (Å²) in [5.41, 5.74) is 8.36. The fraction of sp³-hybridized carbons (Fsp3) is 0. The van der Waals surface area contributed by atoms with Crippen molar-refractivity contribution in [2.24, 2.45) is 0 Å². The minimum Gasteiger partial charge on any atom is -0.309 e. The van der Waals surface area contributed by atoms with E-state index in [0.29, 0.717) is 0 Å². The van der Waals surface area contributed by atoms with Crippen molar-refractivity contribution in [3.05, 3.63) is 128 Å². The van der Waals surface area contributed by atoms with E-state index in [1.165, 1.54) is 43.7 Å². The molecular formula is C33H21N3. The van der Waals surface area contributed by atoms with Crippen LogP contribution in [0.2, 0.25) is 0 Å². The van der Waals surface area contributed by atoms with E-state index >= 15 is 0 Å². The quantitative estimate of drug-likeness (QED) is 0.258. The minimum atomic E-state index is 0.919. The highest BCUT2D eigenvalue weighted by atomic mass is 15.2. The molecule has 8 rings (SSSR count). The summed E-state index contributed by atoms with van der Waals surface area (Å²) in [6, 6.07) is 43.3. The number of benzene rings is 5. The Morgan fingerprint density at radius 2 is 1.33 bits per heavy atom. The first-order chi connectivity index (χ1) is 17.9. The van der Waals surface area contributed by atoms with Gasteiger partial charge in [0.05, 0.1) is 22.4 Å². The number of rotatable bonds is 2. The van der Waals surface area contributed by atoms with Gasteiger partial charge in [-0.05, 0) is 59.5 Å². The molecular weight excluding hydrogens is 438 g/mol. The van der Waals surface area contributed by atoms with Crippen molar-refractivity contribution in [1.82, 2.24) is 9.55 Å². The lowest BCUT2D eigenvalue weighted by molar-refractivity contribution is 1.16. The van der Waals surface area contributed by atoms with Gasteiger partial charge in [-0.15, -0.1) is 0 Å². The van der Waals surface area contributed by atoms with Gasteiger partial charge in [0.15, 0.2) is 0 Å². The van der Waals surface area contributed by atoms with Crippen LogP contribution in [0.5, 0.6) is 0 Å². The van der Waals surface area contributed by atoms with Crippen LogP contribution in [0.25, 0.3) is 49.4 Å². The molecule has 1 aliphatic rings. The van der Waals surface area contributed by atoms with Gasteiger partial charge in [-0.1, -0.05) is 72.8 Å². The Morgan fingerprint density at radius 3 is 2.19 bits per heavy atom. The summed E-state index contributed by atoms with van der Waals surface area (Å²) in [6.07, 6.45) is 1.87. The normalized spacial score (nSPS) is 12.4. The number of para-hydroxylation sites is 2. The Morgan fingerprint density at radius 1 is 0.528 bits per heavy atom. The average molecular weight is 460 g/mol. The topological polar surface area (TPSA) is 21.1 Å². The molecule has 3 nitrogen and oxygen atoms in total. The zero-order valence-corrected chi connectivity index (χ0v) is 19.5. The first-order valence-corrected chi connectivity index (χ1v) is 12.2. The van der Waals surface area contributed by atoms with E-state index in [2.05, 4.69) is 125 Å². The lowest BCUT2D eigenvalue weighted by Crippen LogP contribution is -2.16. The molecule has 0 spiro atoms. The number of aromatic nitrogens is 2. The smallest absolute Gasteiger partial charge is 0.137 e. The highest BCUT2D eigenvalue weighted by molar-refractivity contribution is 6.18. The van der Waals surface area contributed by atoms with Gasteiger partial charge in [0.25, 0.3) is 0 Å². The van der Waals surface area contributed by atoms with E-state index in [0.717, 1.165) is 22.9 Å². The monoisotopic (exact) mass is 459 g/mol. The van der Waals surface area contributed by atoms with Crippen LogP contribution < -0.4 is 4.90 Å². The molecule has 1 aliphatic heterocycles. The summed E-state index contributed by atoms with van der Waals surface area (Å²) in [4.78, 5) is 7.10. The van der Waals surface area contributed by atoms with Crippen LogP contribution >= 0.6 is 0 Å². The molecule has 2 aromatic heterocycles. The SMILES string of the molecule is c1ccc(-n2c3ccccc3c3cc4c(cc32)N(c2ccccn2)c2cccc3cccc-4c23)cc1. The molecule has 0 aliphatic carbocycles. The predicted octanol–water partition coefficient (Wildman–Crippen LogP) is 8.78. The average Bonchev–Trinajstić information content (AvgIpc) is 3.27. The number of pyridine rings is 1. The van der Waals surface area contributed by atoms with Crippen molar-refractivity contribution in [3.63, 3.8) is 0 Å². The van der Waals surface area contributed by atoms with E-state index < -0.39 is 0 Å². The molecule has 0 fully saturated rings. The second kappa shape index (κ2) is 7.30. The fourth-order valence-electron chi connectivity index (χ4n) is 5.85. The number of nitrogens with zero attached hydrogens (tertiary/aromatic N) is 3. The molecule has 0 saturated heterocycles. The second-order valence-corrected chi connectivity index (χ2v) is 9.28. The summed E-state index contributed by atoms with van der Waals surface area (Å²) in [7, 11) is 0. The van der Waals surface area contributed by atoms with Crippen LogP contribution in [0.4, 0.5) is 17.2 Å². The van der Waals surface area contributed by atoms with Gasteiger partial charge in [-0.2, -0.15) is 0 Å². The Balaban J connectivity index is 1.56. The van der Waals surface area contributed by atoms with Crippen LogP contribution in [0, 0.1) is 0 Å².